The molecule has 2 aliphatic rings. The van der Waals surface area contributed by atoms with Gasteiger partial charge in [-0.2, -0.15) is 0 Å². The molecule has 9 aromatic rings. The van der Waals surface area contributed by atoms with Gasteiger partial charge in [0.1, 0.15) is 53.9 Å². The molecule has 0 atom stereocenters. The summed E-state index contributed by atoms with van der Waals surface area (Å²) in [6, 6.07) is 25.8. The molecule has 18 nitrogen and oxygen atoms in total. The molecule has 5 heterocycles. The van der Waals surface area contributed by atoms with Gasteiger partial charge in [-0.25, -0.2) is 43.1 Å². The van der Waals surface area contributed by atoms with Crippen LogP contribution in [0.2, 0.25) is 0 Å². The van der Waals surface area contributed by atoms with Crippen molar-refractivity contribution in [1.82, 2.24) is 44.6 Å². The van der Waals surface area contributed by atoms with E-state index in [-0.39, 0.29) is 17.5 Å². The van der Waals surface area contributed by atoms with Crippen LogP contribution in [-0.4, -0.2) is 146 Å². The van der Waals surface area contributed by atoms with Gasteiger partial charge in [-0.3, -0.25) is 0 Å². The Labute approximate surface area is 519 Å². The predicted octanol–water partition coefficient (Wildman–Crippen LogP) is 13.9. The Morgan fingerprint density at radius 1 is 0.416 bits per heavy atom. The molecular weight excluding hydrogens is 1140 g/mol. The lowest BCUT2D eigenvalue weighted by atomic mass is 10.2. The van der Waals surface area contributed by atoms with Crippen LogP contribution in [0.25, 0.3) is 32.7 Å². The van der Waals surface area contributed by atoms with Crippen LogP contribution >= 0.6 is 0 Å². The van der Waals surface area contributed by atoms with Crippen LogP contribution in [0.15, 0.2) is 110 Å². The summed E-state index contributed by atoms with van der Waals surface area (Å²) in [6.45, 7) is 15.0. The Morgan fingerprint density at radius 2 is 0.753 bits per heavy atom. The number of hydrogen-bond donors (Lipinski definition) is 3. The molecule has 3 aromatic heterocycles. The zero-order chi connectivity index (χ0) is 62.7. The molecule has 470 valence electrons. The topological polar surface area (TPSA) is 179 Å². The fraction of sp³-hybridized carbons (Fsp3) is 0.382. The van der Waals surface area contributed by atoms with Crippen molar-refractivity contribution in [2.24, 2.45) is 0 Å². The maximum absolute atomic E-state index is 13.6. The van der Waals surface area contributed by atoms with E-state index in [0.29, 0.717) is 88.5 Å². The molecule has 2 aliphatic heterocycles. The summed E-state index contributed by atoms with van der Waals surface area (Å²) in [5, 5.41) is 12.1. The van der Waals surface area contributed by atoms with E-state index in [4.69, 9.17) is 28.4 Å². The molecule has 0 aliphatic carbocycles. The Balaban J connectivity index is 0.000000159. The van der Waals surface area contributed by atoms with E-state index in [1.54, 1.807) is 78.5 Å². The lowest BCUT2D eigenvalue weighted by Crippen LogP contribution is -2.21. The smallest absolute Gasteiger partial charge is 0.163 e. The van der Waals surface area contributed by atoms with Crippen molar-refractivity contribution in [3.8, 4) is 34.5 Å². The normalized spacial score (nSPS) is 13.2. The number of nitrogens with one attached hydrogen (secondary N) is 3. The number of fused-ring (bicyclic) bond motifs is 3. The maximum Gasteiger partial charge on any atom is 0.163 e. The fourth-order valence-corrected chi connectivity index (χ4v) is 10.6. The number of anilines is 6. The minimum absolute atomic E-state index is 0.234. The van der Waals surface area contributed by atoms with Gasteiger partial charge in [0.2, 0.25) is 0 Å². The number of unbranched alkanes of at least 4 members (excludes halogenated alkanes) is 1. The van der Waals surface area contributed by atoms with Crippen molar-refractivity contribution in [3.05, 3.63) is 144 Å². The van der Waals surface area contributed by atoms with Gasteiger partial charge >= 0.3 is 0 Å². The standard InChI is InChI=1S/C24H29FN4O2.C23H27FN4O2.C21H25FN4O2/c1-17-13-18(7-8-20(17)25)28-24-19-14-22(30-2)23(15-21(19)26-16-27-24)31-12-6-5-11-29-9-3-4-10-29;1-16-12-17(6-7-19(16)24)27-23-18-13-21(29-2)22(14-20(18)25-15-26-23)30-11-5-10-28-8-3-4-9-28;1-14-10-15(6-7-17(14)22)25-21-16-11-19(27-4)20(12-18(16)23-13-24-21)28-9-5-8-26(2)3/h7-8,13-16H,3-6,9-12H2,1-2H3,(H,26,27,28);6-7,12-15H,3-5,8-11H2,1-2H3,(H,25,26,27);6-7,10-13H,5,8-9H2,1-4H3,(H,23,24,25). The molecule has 0 bridgehead atoms. The highest BCUT2D eigenvalue weighted by Gasteiger charge is 2.18. The summed E-state index contributed by atoms with van der Waals surface area (Å²) in [6.07, 6.45) is 13.8. The number of rotatable bonds is 25. The van der Waals surface area contributed by atoms with Gasteiger partial charge < -0.3 is 59.1 Å². The molecule has 2 fully saturated rings. The van der Waals surface area contributed by atoms with E-state index in [1.807, 2.05) is 50.5 Å². The first-order valence-corrected chi connectivity index (χ1v) is 30.3. The van der Waals surface area contributed by atoms with Crippen LogP contribution in [0.5, 0.6) is 34.5 Å². The van der Waals surface area contributed by atoms with Crippen LogP contribution in [0.3, 0.4) is 0 Å². The molecule has 6 aromatic carbocycles. The number of aryl methyl sites for hydroxylation is 3. The summed E-state index contributed by atoms with van der Waals surface area (Å²) in [4.78, 5) is 33.3. The second-order valence-electron chi connectivity index (χ2n) is 22.4. The molecule has 89 heavy (non-hydrogen) atoms. The monoisotopic (exact) mass is 1220 g/mol. The largest absolute Gasteiger partial charge is 0.493 e. The van der Waals surface area contributed by atoms with Crippen molar-refractivity contribution >= 4 is 67.2 Å². The van der Waals surface area contributed by atoms with Crippen molar-refractivity contribution in [1.29, 1.82) is 0 Å². The van der Waals surface area contributed by atoms with E-state index >= 15 is 0 Å². The Kier molecular flexibility index (Phi) is 23.2. The van der Waals surface area contributed by atoms with Gasteiger partial charge in [-0.05, 0) is 208 Å². The average molecular weight is 1220 g/mol. The third-order valence-electron chi connectivity index (χ3n) is 15.4. The minimum atomic E-state index is -0.240. The number of benzene rings is 6. The van der Waals surface area contributed by atoms with Crippen LogP contribution in [0.4, 0.5) is 47.7 Å². The summed E-state index contributed by atoms with van der Waals surface area (Å²) < 4.78 is 75.2. The molecule has 2 saturated heterocycles. The molecule has 11 rings (SSSR count). The summed E-state index contributed by atoms with van der Waals surface area (Å²) in [5.74, 6) is 5.06. The number of likely N-dealkylation sites (tertiary alicyclic amines) is 2. The predicted molar refractivity (Wildman–Crippen MR) is 346 cm³/mol. The molecule has 3 N–H and O–H groups in total. The first kappa shape index (κ1) is 64.7. The van der Waals surface area contributed by atoms with E-state index in [9.17, 15) is 13.2 Å². The van der Waals surface area contributed by atoms with Gasteiger partial charge in [0.25, 0.3) is 0 Å². The highest BCUT2D eigenvalue weighted by molar-refractivity contribution is 5.95. The van der Waals surface area contributed by atoms with Gasteiger partial charge in [-0.15, -0.1) is 0 Å². The molecule has 21 heteroatoms. The van der Waals surface area contributed by atoms with Gasteiger partial charge in [0.05, 0.1) is 57.7 Å². The first-order chi connectivity index (χ1) is 43.2. The third-order valence-corrected chi connectivity index (χ3v) is 15.4. The van der Waals surface area contributed by atoms with E-state index in [0.717, 1.165) is 95.1 Å². The van der Waals surface area contributed by atoms with Crippen LogP contribution in [-0.2, 0) is 0 Å². The number of nitrogens with zero attached hydrogens (tertiary/aromatic N) is 9. The van der Waals surface area contributed by atoms with Crippen LogP contribution < -0.4 is 44.4 Å². The Bertz CT molecular complexity index is 3800. The molecule has 0 spiro atoms. The average Bonchev–Trinajstić information content (AvgIpc) is 1.58. The lowest BCUT2D eigenvalue weighted by molar-refractivity contribution is 0.254. The van der Waals surface area contributed by atoms with Crippen molar-refractivity contribution in [2.75, 3.05) is 117 Å². The van der Waals surface area contributed by atoms with Crippen molar-refractivity contribution in [2.45, 2.75) is 72.1 Å². The lowest BCUT2D eigenvalue weighted by Gasteiger charge is -2.16. The number of ether oxygens (including phenoxy) is 6. The third kappa shape index (κ3) is 17.9. The first-order valence-electron chi connectivity index (χ1n) is 30.3. The number of methoxy groups -OCH3 is 3. The quantitative estimate of drug-likeness (QED) is 0.0460. The van der Waals surface area contributed by atoms with Crippen LogP contribution in [0, 0.1) is 38.2 Å². The summed E-state index contributed by atoms with van der Waals surface area (Å²) in [7, 11) is 8.92. The van der Waals surface area contributed by atoms with Gasteiger partial charge in [-0.1, -0.05) is 0 Å². The van der Waals surface area contributed by atoms with Crippen LogP contribution in [0.1, 0.15) is 68.1 Å². The molecular formula is C68H81F3N12O6. The second kappa shape index (κ2) is 31.9. The number of halogens is 3. The Hall–Kier alpha value is -8.79. The molecule has 0 amide bonds. The fourth-order valence-electron chi connectivity index (χ4n) is 10.6. The molecule has 0 radical (unpaired) electrons. The molecule has 0 unspecified atom stereocenters. The van der Waals surface area contributed by atoms with Gasteiger partial charge in [0.15, 0.2) is 34.5 Å². The van der Waals surface area contributed by atoms with Gasteiger partial charge in [0, 0.05) is 64.5 Å². The second-order valence-corrected chi connectivity index (χ2v) is 22.4. The minimum Gasteiger partial charge on any atom is -0.493 e. The van der Waals surface area contributed by atoms with E-state index in [1.165, 1.54) is 89.0 Å². The zero-order valence-corrected chi connectivity index (χ0v) is 52.2. The highest BCUT2D eigenvalue weighted by atomic mass is 19.1. The molecule has 0 saturated carbocycles. The summed E-state index contributed by atoms with van der Waals surface area (Å²) in [5.41, 5.74) is 6.22. The SMILES string of the molecule is COc1cc2c(Nc3ccc(F)c(C)c3)ncnc2cc1OCCCCN1CCCC1.COc1cc2c(Nc3ccc(F)c(C)c3)ncnc2cc1OCCCN(C)C.COc1cc2c(Nc3ccc(F)c(C)c3)ncnc2cc1OCCCN1CCCC1. The Morgan fingerprint density at radius 3 is 1.09 bits per heavy atom. The van der Waals surface area contributed by atoms with E-state index < -0.39 is 0 Å². The number of hydrogen-bond acceptors (Lipinski definition) is 18. The zero-order valence-electron chi connectivity index (χ0n) is 52.2. The number of aromatic nitrogens is 6. The highest BCUT2D eigenvalue weighted by Crippen LogP contribution is 2.38. The van der Waals surface area contributed by atoms with Crippen molar-refractivity contribution < 1.29 is 41.6 Å². The van der Waals surface area contributed by atoms with Crippen molar-refractivity contribution in [3.63, 3.8) is 0 Å². The summed E-state index contributed by atoms with van der Waals surface area (Å²) >= 11 is 0. The maximum atomic E-state index is 13.6. The van der Waals surface area contributed by atoms with E-state index in [2.05, 4.69) is 60.6 Å².